The van der Waals surface area contributed by atoms with Crippen LogP contribution in [-0.4, -0.2) is 48.1 Å². The fourth-order valence-electron chi connectivity index (χ4n) is 3.73. The molecule has 17 heavy (non-hydrogen) atoms. The van der Waals surface area contributed by atoms with Crippen LogP contribution in [0.3, 0.4) is 0 Å². The van der Waals surface area contributed by atoms with Crippen LogP contribution in [0.2, 0.25) is 0 Å². The van der Waals surface area contributed by atoms with E-state index >= 15 is 0 Å². The van der Waals surface area contributed by atoms with Gasteiger partial charge in [-0.1, -0.05) is 20.8 Å². The number of hydrogen-bond donors (Lipinski definition) is 0. The average Bonchev–Trinajstić information content (AvgIpc) is 2.76. The molecule has 2 rings (SSSR count). The van der Waals surface area contributed by atoms with Crippen LogP contribution in [0.15, 0.2) is 0 Å². The molecule has 2 nitrogen and oxygen atoms in total. The number of likely N-dealkylation sites (tertiary alicyclic amines) is 2. The van der Waals surface area contributed by atoms with E-state index in [0.717, 1.165) is 23.9 Å². The van der Waals surface area contributed by atoms with Crippen LogP contribution in [0.4, 0.5) is 0 Å². The van der Waals surface area contributed by atoms with E-state index < -0.39 is 0 Å². The van der Waals surface area contributed by atoms with Gasteiger partial charge in [0.05, 0.1) is 0 Å². The van der Waals surface area contributed by atoms with Crippen LogP contribution in [0, 0.1) is 11.8 Å². The van der Waals surface area contributed by atoms with Gasteiger partial charge in [0.15, 0.2) is 0 Å². The Morgan fingerprint density at radius 1 is 1.12 bits per heavy atom. The summed E-state index contributed by atoms with van der Waals surface area (Å²) < 4.78 is 0. The standard InChI is InChI=1S/C15H30N2/c1-5-14(4)16-7-6-15(11-16)17-9-12(2)8-13(3)10-17/h12-15H,5-11H2,1-4H3/t12?,13?,14-,15?/m1/s1. The zero-order valence-electron chi connectivity index (χ0n) is 12.2. The van der Waals surface area contributed by atoms with E-state index in [1.54, 1.807) is 0 Å². The Labute approximate surface area is 107 Å². The second-order valence-corrected chi connectivity index (χ2v) is 6.59. The maximum absolute atomic E-state index is 2.78. The molecule has 0 aromatic rings. The molecule has 100 valence electrons. The molecule has 0 amide bonds. The van der Waals surface area contributed by atoms with E-state index in [-0.39, 0.29) is 0 Å². The first-order valence-electron chi connectivity index (χ1n) is 7.58. The van der Waals surface area contributed by atoms with Crippen molar-refractivity contribution >= 4 is 0 Å². The van der Waals surface area contributed by atoms with E-state index in [1.165, 1.54) is 45.4 Å². The normalized spacial score (nSPS) is 38.5. The minimum atomic E-state index is 0.777. The van der Waals surface area contributed by atoms with Gasteiger partial charge in [0.2, 0.25) is 0 Å². The van der Waals surface area contributed by atoms with Crippen LogP contribution >= 0.6 is 0 Å². The van der Waals surface area contributed by atoms with Gasteiger partial charge in [0.1, 0.15) is 0 Å². The highest BCUT2D eigenvalue weighted by molar-refractivity contribution is 4.88. The largest absolute Gasteiger partial charge is 0.299 e. The minimum Gasteiger partial charge on any atom is -0.299 e. The predicted molar refractivity (Wildman–Crippen MR) is 74.2 cm³/mol. The lowest BCUT2D eigenvalue weighted by molar-refractivity contribution is 0.0943. The van der Waals surface area contributed by atoms with Gasteiger partial charge in [0, 0.05) is 38.3 Å². The Hall–Kier alpha value is -0.0800. The topological polar surface area (TPSA) is 6.48 Å². The Morgan fingerprint density at radius 2 is 1.76 bits per heavy atom. The van der Waals surface area contributed by atoms with E-state index in [4.69, 9.17) is 0 Å². The summed E-state index contributed by atoms with van der Waals surface area (Å²) in [5, 5.41) is 0. The lowest BCUT2D eigenvalue weighted by atomic mass is 9.91. The van der Waals surface area contributed by atoms with Gasteiger partial charge in [-0.25, -0.2) is 0 Å². The highest BCUT2D eigenvalue weighted by atomic mass is 15.3. The number of hydrogen-bond acceptors (Lipinski definition) is 2. The summed E-state index contributed by atoms with van der Waals surface area (Å²) in [6.07, 6.45) is 4.11. The summed E-state index contributed by atoms with van der Waals surface area (Å²) in [6, 6.07) is 1.62. The monoisotopic (exact) mass is 238 g/mol. The Bertz CT molecular complexity index is 231. The molecule has 2 saturated heterocycles. The third kappa shape index (κ3) is 3.23. The predicted octanol–water partition coefficient (Wildman–Crippen LogP) is 2.84. The lowest BCUT2D eigenvalue weighted by Crippen LogP contribution is -2.46. The fourth-order valence-corrected chi connectivity index (χ4v) is 3.73. The Morgan fingerprint density at radius 3 is 2.35 bits per heavy atom. The second-order valence-electron chi connectivity index (χ2n) is 6.59. The van der Waals surface area contributed by atoms with Gasteiger partial charge in [-0.05, 0) is 38.0 Å². The molecule has 0 bridgehead atoms. The van der Waals surface area contributed by atoms with E-state index in [9.17, 15) is 0 Å². The zero-order chi connectivity index (χ0) is 12.4. The second kappa shape index (κ2) is 5.71. The van der Waals surface area contributed by atoms with E-state index in [1.807, 2.05) is 0 Å². The Kier molecular flexibility index (Phi) is 4.48. The van der Waals surface area contributed by atoms with Crippen molar-refractivity contribution in [3.8, 4) is 0 Å². The van der Waals surface area contributed by atoms with Gasteiger partial charge >= 0.3 is 0 Å². The molecule has 2 aliphatic heterocycles. The molecule has 2 heteroatoms. The van der Waals surface area contributed by atoms with Gasteiger partial charge in [0.25, 0.3) is 0 Å². The summed E-state index contributed by atoms with van der Waals surface area (Å²) >= 11 is 0. The zero-order valence-corrected chi connectivity index (χ0v) is 12.2. The summed E-state index contributed by atoms with van der Waals surface area (Å²) in [4.78, 5) is 5.47. The maximum Gasteiger partial charge on any atom is 0.0235 e. The van der Waals surface area contributed by atoms with Crippen molar-refractivity contribution in [3.05, 3.63) is 0 Å². The number of rotatable bonds is 3. The van der Waals surface area contributed by atoms with Crippen molar-refractivity contribution in [2.24, 2.45) is 11.8 Å². The summed E-state index contributed by atoms with van der Waals surface area (Å²) in [5.74, 6) is 1.80. The van der Waals surface area contributed by atoms with Crippen molar-refractivity contribution < 1.29 is 0 Å². The average molecular weight is 238 g/mol. The van der Waals surface area contributed by atoms with Crippen molar-refractivity contribution in [2.75, 3.05) is 26.2 Å². The summed E-state index contributed by atoms with van der Waals surface area (Å²) in [6.45, 7) is 14.8. The van der Waals surface area contributed by atoms with Crippen LogP contribution < -0.4 is 0 Å². The van der Waals surface area contributed by atoms with Crippen LogP contribution in [0.25, 0.3) is 0 Å². The van der Waals surface area contributed by atoms with Crippen molar-refractivity contribution in [1.82, 2.24) is 9.80 Å². The minimum absolute atomic E-state index is 0.777. The Balaban J connectivity index is 1.87. The smallest absolute Gasteiger partial charge is 0.0235 e. The SMILES string of the molecule is CC[C@@H](C)N1CCC(N2CC(C)CC(C)C2)C1. The number of piperidine rings is 1. The van der Waals surface area contributed by atoms with Crippen molar-refractivity contribution in [2.45, 2.75) is 59.0 Å². The molecule has 0 radical (unpaired) electrons. The maximum atomic E-state index is 2.78. The molecule has 0 aromatic heterocycles. The third-order valence-corrected chi connectivity index (χ3v) is 4.82. The van der Waals surface area contributed by atoms with E-state index in [0.29, 0.717) is 0 Å². The number of nitrogens with zero attached hydrogens (tertiary/aromatic N) is 2. The molecule has 0 spiro atoms. The summed E-state index contributed by atoms with van der Waals surface area (Å²) in [5.41, 5.74) is 0. The molecule has 3 unspecified atom stereocenters. The molecule has 4 atom stereocenters. The van der Waals surface area contributed by atoms with Crippen molar-refractivity contribution in [3.63, 3.8) is 0 Å². The first-order chi connectivity index (χ1) is 8.10. The quantitative estimate of drug-likeness (QED) is 0.746. The lowest BCUT2D eigenvalue weighted by Gasteiger charge is -2.39. The molecule has 0 saturated carbocycles. The van der Waals surface area contributed by atoms with Crippen LogP contribution in [0.5, 0.6) is 0 Å². The van der Waals surface area contributed by atoms with Crippen LogP contribution in [-0.2, 0) is 0 Å². The first-order valence-corrected chi connectivity index (χ1v) is 7.58. The van der Waals surface area contributed by atoms with Gasteiger partial charge in [-0.3, -0.25) is 9.80 Å². The fraction of sp³-hybridized carbons (Fsp3) is 1.00. The van der Waals surface area contributed by atoms with Crippen LogP contribution in [0.1, 0.15) is 47.0 Å². The molecule has 0 aliphatic carbocycles. The van der Waals surface area contributed by atoms with Gasteiger partial charge in [-0.2, -0.15) is 0 Å². The van der Waals surface area contributed by atoms with Gasteiger partial charge < -0.3 is 0 Å². The molecule has 2 aliphatic rings. The molecular formula is C15H30N2. The third-order valence-electron chi connectivity index (χ3n) is 4.82. The molecule has 0 N–H and O–H groups in total. The molecule has 2 heterocycles. The highest BCUT2D eigenvalue weighted by Crippen LogP contribution is 2.27. The molecular weight excluding hydrogens is 208 g/mol. The summed E-state index contributed by atoms with van der Waals surface area (Å²) in [7, 11) is 0. The molecule has 2 fully saturated rings. The molecule has 0 aromatic carbocycles. The van der Waals surface area contributed by atoms with Crippen molar-refractivity contribution in [1.29, 1.82) is 0 Å². The van der Waals surface area contributed by atoms with E-state index in [2.05, 4.69) is 37.5 Å². The van der Waals surface area contributed by atoms with Gasteiger partial charge in [-0.15, -0.1) is 0 Å². The highest BCUT2D eigenvalue weighted by Gasteiger charge is 2.33. The first kappa shape index (κ1) is 13.4.